The molecule has 2 aromatic rings. The number of pyridine rings is 1. The number of hydrogen-bond donors (Lipinski definition) is 4. The van der Waals surface area contributed by atoms with Gasteiger partial charge in [-0.3, -0.25) is 9.69 Å². The number of rotatable bonds is 9. The summed E-state index contributed by atoms with van der Waals surface area (Å²) in [7, 11) is 1.52. The molecule has 0 bridgehead atoms. The third-order valence-electron chi connectivity index (χ3n) is 6.85. The Morgan fingerprint density at radius 3 is 2.64 bits per heavy atom. The van der Waals surface area contributed by atoms with Gasteiger partial charge in [0.25, 0.3) is 5.91 Å². The SMILES string of the molecule is COCOc1ccc2c(c1)CN(C(=O)OC(C)(C)C)[C@@](O)([C@H](O)CNC(=O)c1ccnc(NC3CCC3)c1)C2. The lowest BCUT2D eigenvalue weighted by molar-refractivity contribution is -0.177. The van der Waals surface area contributed by atoms with Crippen LogP contribution < -0.4 is 15.4 Å². The average Bonchev–Trinajstić information content (AvgIpc) is 2.86. The quantitative estimate of drug-likeness (QED) is 0.352. The lowest BCUT2D eigenvalue weighted by Crippen LogP contribution is -2.64. The molecule has 0 unspecified atom stereocenters. The largest absolute Gasteiger partial charge is 0.468 e. The first-order chi connectivity index (χ1) is 18.5. The van der Waals surface area contributed by atoms with Crippen molar-refractivity contribution in [1.82, 2.24) is 15.2 Å². The van der Waals surface area contributed by atoms with E-state index < -0.39 is 29.4 Å². The van der Waals surface area contributed by atoms with Gasteiger partial charge in [0.15, 0.2) is 12.5 Å². The summed E-state index contributed by atoms with van der Waals surface area (Å²) in [5.41, 5.74) is -1.03. The van der Waals surface area contributed by atoms with E-state index in [0.29, 0.717) is 23.2 Å². The van der Waals surface area contributed by atoms with Crippen molar-refractivity contribution in [1.29, 1.82) is 0 Å². The lowest BCUT2D eigenvalue weighted by atomic mass is 9.87. The zero-order valence-electron chi connectivity index (χ0n) is 22.9. The van der Waals surface area contributed by atoms with Gasteiger partial charge in [-0.1, -0.05) is 6.07 Å². The van der Waals surface area contributed by atoms with E-state index in [1.54, 1.807) is 57.3 Å². The van der Waals surface area contributed by atoms with E-state index in [-0.39, 0.29) is 26.3 Å². The number of hydrogen-bond acceptors (Lipinski definition) is 9. The average molecular weight is 543 g/mol. The highest BCUT2D eigenvalue weighted by Gasteiger charge is 2.49. The van der Waals surface area contributed by atoms with Gasteiger partial charge >= 0.3 is 6.09 Å². The molecule has 0 radical (unpaired) electrons. The fraction of sp³-hybridized carbons (Fsp3) is 0.536. The second kappa shape index (κ2) is 11.8. The Hall–Kier alpha value is -3.41. The molecule has 11 heteroatoms. The van der Waals surface area contributed by atoms with Crippen LogP contribution in [0.4, 0.5) is 10.6 Å². The maximum atomic E-state index is 13.2. The van der Waals surface area contributed by atoms with E-state index in [1.807, 2.05) is 0 Å². The number of ether oxygens (including phenoxy) is 3. The van der Waals surface area contributed by atoms with E-state index >= 15 is 0 Å². The van der Waals surface area contributed by atoms with Crippen LogP contribution in [0.2, 0.25) is 0 Å². The number of nitrogens with zero attached hydrogens (tertiary/aromatic N) is 2. The number of amides is 2. The van der Waals surface area contributed by atoms with Crippen molar-refractivity contribution in [3.8, 4) is 5.75 Å². The molecule has 2 aliphatic rings. The standard InChI is InChI=1S/C28H38N4O7/c1-27(2,3)39-26(35)32-16-20-12-22(38-17-37-4)9-8-19(20)14-28(32,36)23(33)15-30-25(34)18-10-11-29-24(13-18)31-21-6-5-7-21/h8-13,21,23,33,36H,5-7,14-17H2,1-4H3,(H,29,31)(H,30,34)/t23-,28+/m1/s1. The van der Waals surface area contributed by atoms with E-state index in [0.717, 1.165) is 28.9 Å². The lowest BCUT2D eigenvalue weighted by Gasteiger charge is -2.46. The summed E-state index contributed by atoms with van der Waals surface area (Å²) >= 11 is 0. The highest BCUT2D eigenvalue weighted by atomic mass is 16.7. The van der Waals surface area contributed by atoms with Crippen molar-refractivity contribution in [2.75, 3.05) is 25.8 Å². The van der Waals surface area contributed by atoms with Crippen LogP contribution in [0.1, 0.15) is 61.5 Å². The molecule has 212 valence electrons. The number of benzene rings is 1. The zero-order valence-corrected chi connectivity index (χ0v) is 22.9. The van der Waals surface area contributed by atoms with Gasteiger partial charge < -0.3 is 35.1 Å². The molecule has 2 heterocycles. The van der Waals surface area contributed by atoms with Crippen molar-refractivity contribution in [2.24, 2.45) is 0 Å². The summed E-state index contributed by atoms with van der Waals surface area (Å²) in [6.07, 6.45) is 2.49. The van der Waals surface area contributed by atoms with Crippen LogP contribution in [0.25, 0.3) is 0 Å². The zero-order chi connectivity index (χ0) is 28.2. The molecule has 1 aliphatic carbocycles. The molecule has 1 saturated carbocycles. The third-order valence-corrected chi connectivity index (χ3v) is 6.85. The molecule has 1 aromatic heterocycles. The van der Waals surface area contributed by atoms with Crippen LogP contribution in [0, 0.1) is 0 Å². The monoisotopic (exact) mass is 542 g/mol. The summed E-state index contributed by atoms with van der Waals surface area (Å²) in [6, 6.07) is 8.86. The molecule has 11 nitrogen and oxygen atoms in total. The number of carbonyl (C=O) groups excluding carboxylic acids is 2. The van der Waals surface area contributed by atoms with Gasteiger partial charge in [-0.25, -0.2) is 9.78 Å². The fourth-order valence-corrected chi connectivity index (χ4v) is 4.53. The Balaban J connectivity index is 1.50. The molecule has 4 N–H and O–H groups in total. The van der Waals surface area contributed by atoms with E-state index in [9.17, 15) is 19.8 Å². The highest BCUT2D eigenvalue weighted by Crippen LogP contribution is 2.35. The van der Waals surface area contributed by atoms with Gasteiger partial charge in [-0.05, 0) is 75.4 Å². The number of carbonyl (C=O) groups is 2. The van der Waals surface area contributed by atoms with Gasteiger partial charge in [-0.15, -0.1) is 0 Å². The first-order valence-corrected chi connectivity index (χ1v) is 13.1. The molecular formula is C28H38N4O7. The molecule has 1 aliphatic heterocycles. The summed E-state index contributed by atoms with van der Waals surface area (Å²) in [5, 5.41) is 28.9. The Labute approximate surface area is 228 Å². The molecule has 0 spiro atoms. The fourth-order valence-electron chi connectivity index (χ4n) is 4.53. The molecule has 2 atom stereocenters. The van der Waals surface area contributed by atoms with Crippen LogP contribution in [-0.2, 0) is 22.4 Å². The van der Waals surface area contributed by atoms with Crippen LogP contribution in [0.15, 0.2) is 36.5 Å². The number of anilines is 1. The van der Waals surface area contributed by atoms with Crippen molar-refractivity contribution in [3.63, 3.8) is 0 Å². The number of fused-ring (bicyclic) bond motifs is 1. The predicted molar refractivity (Wildman–Crippen MR) is 143 cm³/mol. The molecule has 2 amide bonds. The normalized spacial score (nSPS) is 19.9. The van der Waals surface area contributed by atoms with Crippen molar-refractivity contribution in [3.05, 3.63) is 53.2 Å². The van der Waals surface area contributed by atoms with Crippen LogP contribution in [-0.4, -0.2) is 76.0 Å². The summed E-state index contributed by atoms with van der Waals surface area (Å²) in [6.45, 7) is 4.89. The summed E-state index contributed by atoms with van der Waals surface area (Å²) < 4.78 is 16.0. The van der Waals surface area contributed by atoms with E-state index in [4.69, 9.17) is 14.2 Å². The Bertz CT molecular complexity index is 1180. The first-order valence-electron chi connectivity index (χ1n) is 13.1. The van der Waals surface area contributed by atoms with Gasteiger partial charge in [0.2, 0.25) is 0 Å². The second-order valence-corrected chi connectivity index (χ2v) is 11.0. The van der Waals surface area contributed by atoms with Gasteiger partial charge in [0.1, 0.15) is 23.3 Å². The summed E-state index contributed by atoms with van der Waals surface area (Å²) in [5.74, 6) is 0.721. The van der Waals surface area contributed by atoms with E-state index in [1.165, 1.54) is 13.5 Å². The third kappa shape index (κ3) is 6.97. The maximum Gasteiger partial charge on any atom is 0.412 e. The molecule has 0 saturated heterocycles. The van der Waals surface area contributed by atoms with Gasteiger partial charge in [-0.2, -0.15) is 0 Å². The Morgan fingerprint density at radius 1 is 1.21 bits per heavy atom. The molecular weight excluding hydrogens is 504 g/mol. The number of nitrogens with one attached hydrogen (secondary N) is 2. The first kappa shape index (κ1) is 28.6. The minimum atomic E-state index is -2.04. The number of aliphatic hydroxyl groups is 2. The minimum Gasteiger partial charge on any atom is -0.468 e. The molecule has 1 aromatic carbocycles. The Morgan fingerprint density at radius 2 is 1.97 bits per heavy atom. The smallest absolute Gasteiger partial charge is 0.412 e. The molecule has 4 rings (SSSR count). The topological polar surface area (TPSA) is 142 Å². The summed E-state index contributed by atoms with van der Waals surface area (Å²) in [4.78, 5) is 31.5. The van der Waals surface area contributed by atoms with Crippen molar-refractivity contribution in [2.45, 2.75) is 76.5 Å². The molecule has 1 fully saturated rings. The van der Waals surface area contributed by atoms with Crippen LogP contribution >= 0.6 is 0 Å². The number of aliphatic hydroxyl groups excluding tert-OH is 1. The van der Waals surface area contributed by atoms with E-state index in [2.05, 4.69) is 15.6 Å². The highest BCUT2D eigenvalue weighted by molar-refractivity contribution is 5.94. The maximum absolute atomic E-state index is 13.2. The number of aromatic nitrogens is 1. The van der Waals surface area contributed by atoms with Gasteiger partial charge in [0, 0.05) is 37.9 Å². The predicted octanol–water partition coefficient (Wildman–Crippen LogP) is 2.80. The van der Waals surface area contributed by atoms with Crippen molar-refractivity contribution < 1.29 is 34.0 Å². The molecule has 39 heavy (non-hydrogen) atoms. The van der Waals surface area contributed by atoms with Crippen LogP contribution in [0.5, 0.6) is 5.75 Å². The van der Waals surface area contributed by atoms with Crippen LogP contribution in [0.3, 0.4) is 0 Å². The minimum absolute atomic E-state index is 0.0313. The Kier molecular flexibility index (Phi) is 8.63. The van der Waals surface area contributed by atoms with Gasteiger partial charge in [0.05, 0.1) is 6.54 Å². The second-order valence-electron chi connectivity index (χ2n) is 11.0. The number of methoxy groups -OCH3 is 1. The van der Waals surface area contributed by atoms with Crippen molar-refractivity contribution >= 4 is 17.8 Å².